The van der Waals surface area contributed by atoms with Gasteiger partial charge in [0.15, 0.2) is 25.1 Å². The van der Waals surface area contributed by atoms with Crippen LogP contribution in [0.4, 0.5) is 0 Å². The summed E-state index contributed by atoms with van der Waals surface area (Å²) >= 11 is 0. The topological polar surface area (TPSA) is 294 Å². The summed E-state index contributed by atoms with van der Waals surface area (Å²) in [4.78, 5) is 129. The number of carboxylic acids is 3. The van der Waals surface area contributed by atoms with Crippen LogP contribution in [0.15, 0.2) is 36.4 Å². The predicted molar refractivity (Wildman–Crippen MR) is 161 cm³/mol. The number of esters is 1. The molecule has 0 bridgehead atoms. The van der Waals surface area contributed by atoms with Crippen LogP contribution in [0.2, 0.25) is 0 Å². The van der Waals surface area contributed by atoms with Gasteiger partial charge in [0.05, 0.1) is 6.61 Å². The molecule has 0 saturated carbocycles. The largest absolute Gasteiger partial charge is 0.479 e. The third-order valence-electron chi connectivity index (χ3n) is 6.68. The van der Waals surface area contributed by atoms with Crippen LogP contribution in [0.25, 0.3) is 0 Å². The van der Waals surface area contributed by atoms with Crippen molar-refractivity contribution < 1.29 is 72.8 Å². The van der Waals surface area contributed by atoms with E-state index in [2.05, 4.69) is 0 Å². The van der Waals surface area contributed by atoms with E-state index in [1.165, 1.54) is 30.3 Å². The molecule has 0 aliphatic heterocycles. The quantitative estimate of drug-likeness (QED) is 0.0411. The predicted octanol–water partition coefficient (Wildman–Crippen LogP) is -1.25. The van der Waals surface area contributed by atoms with Gasteiger partial charge in [-0.2, -0.15) is 0 Å². The molecule has 2 aromatic carbocycles. The molecule has 0 heterocycles. The summed E-state index contributed by atoms with van der Waals surface area (Å²) in [6.07, 6.45) is 1.67. The monoisotopic (exact) mass is 683 g/mol. The van der Waals surface area contributed by atoms with Crippen LogP contribution in [0.5, 0.6) is 0 Å². The van der Waals surface area contributed by atoms with Gasteiger partial charge in [0, 0.05) is 28.7 Å². The number of carbonyl (C=O) groups excluding carboxylic acids is 8. The molecule has 258 valence electrons. The zero-order valence-corrected chi connectivity index (χ0v) is 25.3. The summed E-state index contributed by atoms with van der Waals surface area (Å²) in [6.45, 7) is -0.383. The third kappa shape index (κ3) is 11.3. The SMILES string of the molecule is O=Cc1ccc(CCCOC(=O)C(NC(=O)C(NC(=O)C(NC(=O)CCc2ccc(C=O)c(C=O)c2)C(=O)O)C(=O)O)C(=O)O)cc1C=O. The molecule has 3 amide bonds. The molecular formula is C31H29N3O15. The van der Waals surface area contributed by atoms with Gasteiger partial charge in [-0.15, -0.1) is 0 Å². The first-order valence-electron chi connectivity index (χ1n) is 14.1. The highest BCUT2D eigenvalue weighted by Gasteiger charge is 2.38. The normalized spacial score (nSPS) is 12.2. The van der Waals surface area contributed by atoms with E-state index in [0.717, 1.165) is 0 Å². The number of carboxylic acid groups (broad SMARTS) is 3. The average molecular weight is 684 g/mol. The fraction of sp³-hybridized carbons (Fsp3) is 0.258. The molecule has 18 heteroatoms. The minimum absolute atomic E-state index is 0.0426. The molecule has 3 atom stereocenters. The number of aliphatic carboxylic acids is 3. The Labute approximate surface area is 275 Å². The number of hydrogen-bond acceptors (Lipinski definition) is 12. The molecule has 0 radical (unpaired) electrons. The lowest BCUT2D eigenvalue weighted by atomic mass is 10.0. The lowest BCUT2D eigenvalue weighted by molar-refractivity contribution is -0.158. The molecule has 2 aromatic rings. The second-order valence-corrected chi connectivity index (χ2v) is 10.1. The van der Waals surface area contributed by atoms with Gasteiger partial charge in [-0.1, -0.05) is 24.3 Å². The first kappa shape index (κ1) is 38.6. The number of rotatable bonds is 20. The number of benzene rings is 2. The highest BCUT2D eigenvalue weighted by molar-refractivity contribution is 6.11. The first-order chi connectivity index (χ1) is 23.3. The van der Waals surface area contributed by atoms with E-state index in [4.69, 9.17) is 4.74 Å². The Morgan fingerprint density at radius 2 is 1.02 bits per heavy atom. The van der Waals surface area contributed by atoms with Gasteiger partial charge in [0.2, 0.25) is 24.0 Å². The van der Waals surface area contributed by atoms with Crippen molar-refractivity contribution in [2.45, 2.75) is 43.8 Å². The summed E-state index contributed by atoms with van der Waals surface area (Å²) in [5, 5.41) is 33.3. The van der Waals surface area contributed by atoms with Gasteiger partial charge >= 0.3 is 23.9 Å². The van der Waals surface area contributed by atoms with E-state index in [9.17, 15) is 68.1 Å². The van der Waals surface area contributed by atoms with E-state index < -0.39 is 66.1 Å². The Hall–Kier alpha value is -6.59. The standard InChI is InChI=1S/C31H29N3O15/c35-12-18-6-3-16(10-20(18)14-37)2-1-9-49-31(48)25(30(46)47)34-27(41)24(29(44)45)33-26(40)23(28(42)43)32-22(39)8-5-17-4-7-19(13-36)21(11-17)15-38/h3-4,6-7,10-15,23-25H,1-2,5,8-9H2,(H,32,39)(H,33,40)(H,34,41)(H,42,43)(H,44,45)(H,46,47). The fourth-order valence-electron chi connectivity index (χ4n) is 4.15. The smallest absolute Gasteiger partial charge is 0.340 e. The molecule has 3 unspecified atom stereocenters. The molecule has 0 aromatic heterocycles. The molecule has 6 N–H and O–H groups in total. The molecule has 0 aliphatic carbocycles. The Morgan fingerprint density at radius 1 is 0.592 bits per heavy atom. The Balaban J connectivity index is 2.00. The van der Waals surface area contributed by atoms with E-state index in [0.29, 0.717) is 36.3 Å². The third-order valence-corrected chi connectivity index (χ3v) is 6.68. The lowest BCUT2D eigenvalue weighted by Crippen LogP contribution is -2.60. The van der Waals surface area contributed by atoms with Crippen molar-refractivity contribution in [2.24, 2.45) is 0 Å². The maximum absolute atomic E-state index is 12.6. The molecule has 0 fully saturated rings. The molecule has 49 heavy (non-hydrogen) atoms. The van der Waals surface area contributed by atoms with Crippen molar-refractivity contribution in [3.05, 3.63) is 69.8 Å². The Kier molecular flexibility index (Phi) is 14.6. The minimum Gasteiger partial charge on any atom is -0.479 e. The molecule has 0 saturated heterocycles. The van der Waals surface area contributed by atoms with Crippen molar-refractivity contribution in [1.82, 2.24) is 16.0 Å². The van der Waals surface area contributed by atoms with Gasteiger partial charge in [0.25, 0.3) is 11.8 Å². The van der Waals surface area contributed by atoms with Crippen LogP contribution >= 0.6 is 0 Å². The van der Waals surface area contributed by atoms with Gasteiger partial charge in [-0.3, -0.25) is 33.6 Å². The summed E-state index contributed by atoms with van der Waals surface area (Å²) < 4.78 is 4.85. The van der Waals surface area contributed by atoms with Crippen LogP contribution in [-0.4, -0.2) is 107 Å². The number of amides is 3. The average Bonchev–Trinajstić information content (AvgIpc) is 3.08. The molecule has 18 nitrogen and oxygen atoms in total. The van der Waals surface area contributed by atoms with Crippen LogP contribution in [-0.2, 0) is 51.1 Å². The van der Waals surface area contributed by atoms with Crippen molar-refractivity contribution in [2.75, 3.05) is 6.61 Å². The highest BCUT2D eigenvalue weighted by atomic mass is 16.5. The molecule has 0 aliphatic rings. The van der Waals surface area contributed by atoms with Crippen molar-refractivity contribution in [3.8, 4) is 0 Å². The zero-order valence-electron chi connectivity index (χ0n) is 25.3. The Bertz CT molecular complexity index is 1670. The van der Waals surface area contributed by atoms with Gasteiger partial charge in [-0.25, -0.2) is 19.2 Å². The summed E-state index contributed by atoms with van der Waals surface area (Å²) in [6, 6.07) is 0.977. The van der Waals surface area contributed by atoms with E-state index in [1.54, 1.807) is 16.7 Å². The molecule has 0 spiro atoms. The Morgan fingerprint density at radius 3 is 1.47 bits per heavy atom. The van der Waals surface area contributed by atoms with Crippen LogP contribution < -0.4 is 16.0 Å². The second kappa shape index (κ2) is 18.5. The summed E-state index contributed by atoms with van der Waals surface area (Å²) in [5.41, 5.74) is 1.43. The van der Waals surface area contributed by atoms with E-state index >= 15 is 0 Å². The number of carbonyl (C=O) groups is 11. The molecular weight excluding hydrogens is 654 g/mol. The van der Waals surface area contributed by atoms with Crippen LogP contribution in [0.1, 0.15) is 65.4 Å². The maximum Gasteiger partial charge on any atom is 0.340 e. The van der Waals surface area contributed by atoms with Crippen molar-refractivity contribution >= 4 is 66.7 Å². The van der Waals surface area contributed by atoms with Crippen molar-refractivity contribution in [1.29, 1.82) is 0 Å². The number of ether oxygens (including phenoxy) is 1. The van der Waals surface area contributed by atoms with E-state index in [1.807, 2.05) is 5.32 Å². The zero-order chi connectivity index (χ0) is 36.7. The fourth-order valence-corrected chi connectivity index (χ4v) is 4.15. The van der Waals surface area contributed by atoms with Gasteiger partial charge < -0.3 is 36.0 Å². The highest BCUT2D eigenvalue weighted by Crippen LogP contribution is 2.12. The maximum atomic E-state index is 12.6. The first-order valence-corrected chi connectivity index (χ1v) is 14.1. The van der Waals surface area contributed by atoms with Gasteiger partial charge in [-0.05, 0) is 42.5 Å². The minimum atomic E-state index is -2.62. The summed E-state index contributed by atoms with van der Waals surface area (Å²) in [5.74, 6) is -12.0. The lowest BCUT2D eigenvalue weighted by Gasteiger charge is -2.20. The van der Waals surface area contributed by atoms with E-state index in [-0.39, 0.29) is 48.1 Å². The number of aryl methyl sites for hydroxylation is 2. The number of hydrogen-bond donors (Lipinski definition) is 6. The molecule has 2 rings (SSSR count). The second-order valence-electron chi connectivity index (χ2n) is 10.1. The number of nitrogens with one attached hydrogen (secondary N) is 3. The summed E-state index contributed by atoms with van der Waals surface area (Å²) in [7, 11) is 0. The van der Waals surface area contributed by atoms with Crippen molar-refractivity contribution in [3.63, 3.8) is 0 Å². The van der Waals surface area contributed by atoms with Crippen LogP contribution in [0, 0.1) is 0 Å². The number of aldehydes is 4. The van der Waals surface area contributed by atoms with Crippen LogP contribution in [0.3, 0.4) is 0 Å². The van der Waals surface area contributed by atoms with Gasteiger partial charge in [0.1, 0.15) is 0 Å².